The number of nitrogens with two attached hydrogens (primary N) is 1. The number of hydrogen-bond acceptors (Lipinski definition) is 4. The summed E-state index contributed by atoms with van der Waals surface area (Å²) in [5, 5.41) is 0. The highest BCUT2D eigenvalue weighted by molar-refractivity contribution is 5.93. The van der Waals surface area contributed by atoms with Crippen LogP contribution in [0, 0.1) is 0 Å². The summed E-state index contributed by atoms with van der Waals surface area (Å²) in [5.74, 6) is -0.00209. The normalized spacial score (nSPS) is 21.0. The molecule has 1 amide bonds. The number of hydrogen-bond donors (Lipinski definition) is 1. The Hall–Kier alpha value is -1.62. The quantitative estimate of drug-likeness (QED) is 0.829. The predicted octanol–water partition coefficient (Wildman–Crippen LogP) is 0.584. The number of anilines is 1. The van der Waals surface area contributed by atoms with Crippen LogP contribution in [0.1, 0.15) is 23.3 Å². The van der Waals surface area contributed by atoms with Gasteiger partial charge >= 0.3 is 0 Å². The minimum Gasteiger partial charge on any atom is -0.399 e. The van der Waals surface area contributed by atoms with Gasteiger partial charge in [-0.2, -0.15) is 0 Å². The van der Waals surface area contributed by atoms with Gasteiger partial charge in [0.1, 0.15) is 5.69 Å². The van der Waals surface area contributed by atoms with E-state index in [0.717, 1.165) is 32.2 Å². The van der Waals surface area contributed by atoms with E-state index in [1.54, 1.807) is 18.3 Å². The van der Waals surface area contributed by atoms with Crippen molar-refractivity contribution in [1.82, 2.24) is 14.8 Å². The average Bonchev–Trinajstić information content (AvgIpc) is 3.22. The molecule has 2 N–H and O–H groups in total. The van der Waals surface area contributed by atoms with Gasteiger partial charge in [-0.3, -0.25) is 14.7 Å². The van der Waals surface area contributed by atoms with Crippen molar-refractivity contribution < 1.29 is 4.79 Å². The molecule has 5 nitrogen and oxygen atoms in total. The average molecular weight is 246 g/mol. The summed E-state index contributed by atoms with van der Waals surface area (Å²) in [6.07, 6.45) is 4.23. The van der Waals surface area contributed by atoms with Crippen LogP contribution in [0.15, 0.2) is 18.3 Å². The predicted molar refractivity (Wildman–Crippen MR) is 69.1 cm³/mol. The van der Waals surface area contributed by atoms with Crippen molar-refractivity contribution in [2.45, 2.75) is 18.9 Å². The van der Waals surface area contributed by atoms with Crippen LogP contribution < -0.4 is 5.73 Å². The van der Waals surface area contributed by atoms with E-state index in [4.69, 9.17) is 5.73 Å². The third kappa shape index (κ3) is 2.31. The van der Waals surface area contributed by atoms with E-state index in [1.807, 2.05) is 4.90 Å². The molecule has 1 saturated heterocycles. The molecule has 3 rings (SSSR count). The van der Waals surface area contributed by atoms with Gasteiger partial charge in [0.05, 0.1) is 0 Å². The summed E-state index contributed by atoms with van der Waals surface area (Å²) in [5.41, 5.74) is 6.72. The maximum atomic E-state index is 12.2. The minimum absolute atomic E-state index is 0.00209. The van der Waals surface area contributed by atoms with Crippen LogP contribution in [0.5, 0.6) is 0 Å². The second kappa shape index (κ2) is 4.57. The molecule has 5 heteroatoms. The summed E-state index contributed by atoms with van der Waals surface area (Å²) < 4.78 is 0. The molecule has 0 spiro atoms. The lowest BCUT2D eigenvalue weighted by molar-refractivity contribution is 0.0621. The van der Waals surface area contributed by atoms with Gasteiger partial charge in [-0.15, -0.1) is 0 Å². The molecule has 1 aromatic rings. The highest BCUT2D eigenvalue weighted by Gasteiger charge is 2.32. The second-order valence-corrected chi connectivity index (χ2v) is 5.03. The molecule has 96 valence electrons. The monoisotopic (exact) mass is 246 g/mol. The molecule has 1 aliphatic carbocycles. The zero-order valence-electron chi connectivity index (χ0n) is 10.4. The van der Waals surface area contributed by atoms with Crippen LogP contribution >= 0.6 is 0 Å². The van der Waals surface area contributed by atoms with E-state index in [-0.39, 0.29) is 5.91 Å². The molecule has 0 radical (unpaired) electrons. The molecule has 1 saturated carbocycles. The van der Waals surface area contributed by atoms with Crippen molar-refractivity contribution in [3.05, 3.63) is 24.0 Å². The highest BCUT2D eigenvalue weighted by Crippen LogP contribution is 2.27. The van der Waals surface area contributed by atoms with Crippen molar-refractivity contribution in [3.63, 3.8) is 0 Å². The molecule has 0 unspecified atom stereocenters. The molecule has 1 aromatic heterocycles. The fourth-order valence-electron chi connectivity index (χ4n) is 2.46. The van der Waals surface area contributed by atoms with Gasteiger partial charge in [0.2, 0.25) is 0 Å². The van der Waals surface area contributed by atoms with Gasteiger partial charge in [0, 0.05) is 44.1 Å². The van der Waals surface area contributed by atoms with Crippen LogP contribution in [0.4, 0.5) is 5.69 Å². The first-order valence-electron chi connectivity index (χ1n) is 6.49. The van der Waals surface area contributed by atoms with E-state index in [0.29, 0.717) is 11.4 Å². The number of carbonyl (C=O) groups excluding carboxylic acids is 1. The van der Waals surface area contributed by atoms with Crippen LogP contribution in [0.3, 0.4) is 0 Å². The number of aromatic nitrogens is 1. The van der Waals surface area contributed by atoms with E-state index in [2.05, 4.69) is 9.88 Å². The number of rotatable bonds is 2. The highest BCUT2D eigenvalue weighted by atomic mass is 16.2. The molecule has 18 heavy (non-hydrogen) atoms. The lowest BCUT2D eigenvalue weighted by Crippen LogP contribution is -2.49. The van der Waals surface area contributed by atoms with E-state index >= 15 is 0 Å². The fraction of sp³-hybridized carbons (Fsp3) is 0.538. The van der Waals surface area contributed by atoms with Crippen molar-refractivity contribution in [2.24, 2.45) is 0 Å². The first-order valence-corrected chi connectivity index (χ1v) is 6.49. The SMILES string of the molecule is Nc1ccnc(C(=O)N2CCN(C3CC3)CC2)c1. The molecule has 2 heterocycles. The third-order valence-corrected chi connectivity index (χ3v) is 3.67. The maximum Gasteiger partial charge on any atom is 0.272 e. The summed E-state index contributed by atoms with van der Waals surface area (Å²) in [4.78, 5) is 20.7. The minimum atomic E-state index is -0.00209. The van der Waals surface area contributed by atoms with E-state index < -0.39 is 0 Å². The lowest BCUT2D eigenvalue weighted by atomic mass is 10.2. The largest absolute Gasteiger partial charge is 0.399 e. The Balaban J connectivity index is 1.63. The first-order chi connectivity index (χ1) is 8.74. The Morgan fingerprint density at radius 1 is 1.28 bits per heavy atom. The second-order valence-electron chi connectivity index (χ2n) is 5.03. The number of piperazine rings is 1. The topological polar surface area (TPSA) is 62.5 Å². The summed E-state index contributed by atoms with van der Waals surface area (Å²) in [6, 6.07) is 4.13. The van der Waals surface area contributed by atoms with E-state index in [9.17, 15) is 4.79 Å². The van der Waals surface area contributed by atoms with Crippen LogP contribution in [-0.2, 0) is 0 Å². The first kappa shape index (κ1) is 11.5. The summed E-state index contributed by atoms with van der Waals surface area (Å²) in [6.45, 7) is 3.56. The summed E-state index contributed by atoms with van der Waals surface area (Å²) in [7, 11) is 0. The molecular formula is C13H18N4O. The Morgan fingerprint density at radius 3 is 2.61 bits per heavy atom. The number of nitrogen functional groups attached to an aromatic ring is 1. The number of amides is 1. The molecule has 2 aliphatic rings. The Bertz CT molecular complexity index is 450. The molecule has 1 aliphatic heterocycles. The van der Waals surface area contributed by atoms with E-state index in [1.165, 1.54) is 12.8 Å². The van der Waals surface area contributed by atoms with Crippen LogP contribution in [-0.4, -0.2) is 52.9 Å². The Kier molecular flexibility index (Phi) is 2.91. The zero-order chi connectivity index (χ0) is 12.5. The molecule has 2 fully saturated rings. The summed E-state index contributed by atoms with van der Waals surface area (Å²) >= 11 is 0. The van der Waals surface area contributed by atoms with Gasteiger partial charge in [-0.25, -0.2) is 0 Å². The van der Waals surface area contributed by atoms with Crippen molar-refractivity contribution in [1.29, 1.82) is 0 Å². The van der Waals surface area contributed by atoms with Crippen molar-refractivity contribution in [2.75, 3.05) is 31.9 Å². The molecule has 0 atom stereocenters. The third-order valence-electron chi connectivity index (χ3n) is 3.67. The standard InChI is InChI=1S/C13H18N4O/c14-10-3-4-15-12(9-10)13(18)17-7-5-16(6-8-17)11-1-2-11/h3-4,9,11H,1-2,5-8H2,(H2,14,15). The van der Waals surface area contributed by atoms with Gasteiger partial charge in [-0.1, -0.05) is 0 Å². The Labute approximate surface area is 107 Å². The van der Waals surface area contributed by atoms with Gasteiger partial charge in [-0.05, 0) is 25.0 Å². The fourth-order valence-corrected chi connectivity index (χ4v) is 2.46. The van der Waals surface area contributed by atoms with Gasteiger partial charge in [0.15, 0.2) is 0 Å². The lowest BCUT2D eigenvalue weighted by Gasteiger charge is -2.34. The molecular weight excluding hydrogens is 228 g/mol. The van der Waals surface area contributed by atoms with Gasteiger partial charge in [0.25, 0.3) is 5.91 Å². The Morgan fingerprint density at radius 2 is 2.00 bits per heavy atom. The smallest absolute Gasteiger partial charge is 0.272 e. The number of carbonyl (C=O) groups is 1. The maximum absolute atomic E-state index is 12.2. The van der Waals surface area contributed by atoms with Crippen LogP contribution in [0.2, 0.25) is 0 Å². The number of nitrogens with zero attached hydrogens (tertiary/aromatic N) is 3. The molecule has 0 aromatic carbocycles. The van der Waals surface area contributed by atoms with Crippen molar-refractivity contribution >= 4 is 11.6 Å². The number of pyridine rings is 1. The zero-order valence-corrected chi connectivity index (χ0v) is 10.4. The van der Waals surface area contributed by atoms with Crippen LogP contribution in [0.25, 0.3) is 0 Å². The van der Waals surface area contributed by atoms with Crippen molar-refractivity contribution in [3.8, 4) is 0 Å². The van der Waals surface area contributed by atoms with Gasteiger partial charge < -0.3 is 10.6 Å². The molecule has 0 bridgehead atoms.